The number of aliphatic hydroxyl groups excluding tert-OH is 1. The highest BCUT2D eigenvalue weighted by molar-refractivity contribution is 5.85. The number of fused-ring (bicyclic) bond motifs is 1. The quantitative estimate of drug-likeness (QED) is 0.120. The molecule has 8 aliphatic carbocycles. The Balaban J connectivity index is 0.928. The normalized spacial score (nSPS) is 41.3. The maximum absolute atomic E-state index is 14.3. The number of carbonyl (C=O) groups excluding carboxylic acids is 2. The number of hydrogen-bond donors (Lipinski definition) is 3. The van der Waals surface area contributed by atoms with Gasteiger partial charge in [-0.05, 0) is 209 Å². The Bertz CT molecular complexity index is 2390. The molecule has 9 aliphatic rings. The minimum atomic E-state index is -1.59. The molecule has 74 heavy (non-hydrogen) atoms. The molecule has 4 spiro atoms. The first-order chi connectivity index (χ1) is 35.4. The predicted molar refractivity (Wildman–Crippen MR) is 293 cm³/mol. The molecule has 0 amide bonds. The van der Waals surface area contributed by atoms with Crippen molar-refractivity contribution in [1.29, 1.82) is 0 Å². The van der Waals surface area contributed by atoms with Crippen LogP contribution in [0.5, 0.6) is 0 Å². The monoisotopic (exact) mass is 1010 g/mol. The van der Waals surface area contributed by atoms with Crippen molar-refractivity contribution in [3.05, 3.63) is 95.6 Å². The lowest BCUT2D eigenvalue weighted by Gasteiger charge is -2.76. The van der Waals surface area contributed by atoms with Gasteiger partial charge in [0.1, 0.15) is 12.7 Å². The minimum absolute atomic E-state index is 0.194. The van der Waals surface area contributed by atoms with E-state index in [2.05, 4.69) is 81.4 Å². The van der Waals surface area contributed by atoms with E-state index < -0.39 is 45.6 Å². The van der Waals surface area contributed by atoms with Crippen LogP contribution in [0.4, 0.5) is 0 Å². The maximum Gasteiger partial charge on any atom is 0.331 e. The average Bonchev–Trinajstić information content (AvgIpc) is 4.26. The Kier molecular flexibility index (Phi) is 14.2. The van der Waals surface area contributed by atoms with Crippen molar-refractivity contribution in [1.82, 2.24) is 0 Å². The number of hydrogen-bond acceptors (Lipinski definition) is 7. The average molecular weight is 1010 g/mol. The smallest absolute Gasteiger partial charge is 0.331 e. The molecular weight excluding hydrogens is 917 g/mol. The fraction of sp³-hybridized carbons (Fsp3) is 0.731. The number of esters is 2. The van der Waals surface area contributed by atoms with Gasteiger partial charge in [-0.2, -0.15) is 0 Å². The molecule has 2 bridgehead atoms. The second-order valence-corrected chi connectivity index (χ2v) is 28.2. The van der Waals surface area contributed by atoms with E-state index in [0.717, 1.165) is 56.4 Å². The first-order valence-electron chi connectivity index (χ1n) is 30.4. The van der Waals surface area contributed by atoms with Crippen LogP contribution in [0.1, 0.15) is 219 Å². The van der Waals surface area contributed by atoms with Crippen LogP contribution >= 0.6 is 0 Å². The van der Waals surface area contributed by atoms with Crippen LogP contribution in [0, 0.1) is 56.2 Å². The summed E-state index contributed by atoms with van der Waals surface area (Å²) in [5.41, 5.74) is -0.712. The van der Waals surface area contributed by atoms with Crippen LogP contribution in [-0.2, 0) is 30.9 Å². The van der Waals surface area contributed by atoms with Crippen molar-refractivity contribution in [3.63, 3.8) is 0 Å². The van der Waals surface area contributed by atoms with Gasteiger partial charge in [0.15, 0.2) is 0 Å². The van der Waals surface area contributed by atoms with Crippen LogP contribution in [0.3, 0.4) is 0 Å². The number of benzene rings is 2. The molecule has 3 N–H and O–H groups in total. The Morgan fingerprint density at radius 1 is 0.757 bits per heavy atom. The van der Waals surface area contributed by atoms with Crippen LogP contribution < -0.4 is 0 Å². The summed E-state index contributed by atoms with van der Waals surface area (Å²) in [6, 6.07) is 22.4. The van der Waals surface area contributed by atoms with Crippen LogP contribution in [0.15, 0.2) is 84.5 Å². The molecule has 2 aromatic carbocycles. The van der Waals surface area contributed by atoms with Gasteiger partial charge in [0, 0.05) is 24.3 Å². The van der Waals surface area contributed by atoms with Gasteiger partial charge in [-0.15, -0.1) is 0 Å². The highest BCUT2D eigenvalue weighted by atomic mass is 16.5. The zero-order valence-electron chi connectivity index (χ0n) is 46.2. The molecule has 0 radical (unpaired) electrons. The zero-order valence-corrected chi connectivity index (χ0v) is 46.2. The van der Waals surface area contributed by atoms with Crippen LogP contribution in [0.25, 0.3) is 0 Å². The summed E-state index contributed by atoms with van der Waals surface area (Å²) in [6.45, 7) is 8.48. The first-order valence-corrected chi connectivity index (χ1v) is 30.4. The van der Waals surface area contributed by atoms with E-state index in [1.54, 1.807) is 11.6 Å². The van der Waals surface area contributed by atoms with Gasteiger partial charge in [0.05, 0.1) is 22.7 Å². The minimum Gasteiger partial charge on any atom is -0.462 e. The van der Waals surface area contributed by atoms with Gasteiger partial charge in [-0.25, -0.2) is 4.79 Å². The highest BCUT2D eigenvalue weighted by Gasteiger charge is 2.82. The summed E-state index contributed by atoms with van der Waals surface area (Å²) in [6.07, 6.45) is 35.6. The number of ether oxygens (including phenoxy) is 2. The Labute approximate surface area is 445 Å². The van der Waals surface area contributed by atoms with E-state index in [-0.39, 0.29) is 36.3 Å². The predicted octanol–water partition coefficient (Wildman–Crippen LogP) is 14.4. The molecular formula is C67H94O7. The Hall–Kier alpha value is -3.26. The third-order valence-corrected chi connectivity index (χ3v) is 24.3. The summed E-state index contributed by atoms with van der Waals surface area (Å²) in [7, 11) is 0. The van der Waals surface area contributed by atoms with Crippen LogP contribution in [-0.4, -0.2) is 57.3 Å². The first kappa shape index (κ1) is 52.8. The number of cyclic esters (lactones) is 1. The van der Waals surface area contributed by atoms with Crippen molar-refractivity contribution in [2.24, 2.45) is 56.2 Å². The highest BCUT2D eigenvalue weighted by Crippen LogP contribution is 2.77. The fourth-order valence-corrected chi connectivity index (χ4v) is 20.8. The summed E-state index contributed by atoms with van der Waals surface area (Å²) >= 11 is 0. The lowest BCUT2D eigenvalue weighted by molar-refractivity contribution is -0.362. The van der Waals surface area contributed by atoms with E-state index in [4.69, 9.17) is 9.47 Å². The maximum atomic E-state index is 14.3. The molecule has 0 saturated heterocycles. The molecule has 11 atom stereocenters. The third kappa shape index (κ3) is 8.85. The van der Waals surface area contributed by atoms with Gasteiger partial charge in [-0.3, -0.25) is 4.79 Å². The van der Waals surface area contributed by atoms with Gasteiger partial charge in [0.2, 0.25) is 0 Å². The van der Waals surface area contributed by atoms with E-state index in [9.17, 15) is 24.9 Å². The lowest BCUT2D eigenvalue weighted by atomic mass is 9.31. The molecule has 11 unspecified atom stereocenters. The van der Waals surface area contributed by atoms with Gasteiger partial charge < -0.3 is 24.8 Å². The van der Waals surface area contributed by atoms with Crippen LogP contribution in [0.2, 0.25) is 0 Å². The summed E-state index contributed by atoms with van der Waals surface area (Å²) in [5.74, 6) is 0.103. The van der Waals surface area contributed by atoms with Crippen molar-refractivity contribution >= 4 is 11.9 Å². The summed E-state index contributed by atoms with van der Waals surface area (Å²) < 4.78 is 12.0. The van der Waals surface area contributed by atoms with E-state index in [0.29, 0.717) is 47.8 Å². The summed E-state index contributed by atoms with van der Waals surface area (Å²) in [4.78, 5) is 26.0. The molecule has 1 aliphatic heterocycles. The fourth-order valence-electron chi connectivity index (χ4n) is 20.8. The topological polar surface area (TPSA) is 113 Å². The van der Waals surface area contributed by atoms with E-state index in [1.807, 2.05) is 12.2 Å². The summed E-state index contributed by atoms with van der Waals surface area (Å²) in [5, 5.41) is 41.7. The Morgan fingerprint density at radius 3 is 2.14 bits per heavy atom. The van der Waals surface area contributed by atoms with Crippen molar-refractivity contribution < 1.29 is 34.4 Å². The number of aryl methyl sites for hydroxylation is 1. The van der Waals surface area contributed by atoms with Crippen molar-refractivity contribution in [2.45, 2.75) is 243 Å². The van der Waals surface area contributed by atoms with E-state index in [1.165, 1.54) is 122 Å². The molecule has 1 heterocycles. The standard InChI is InChI=1S/C67H94O7/c1-48(17-16-20-50-18-8-5-9-19-50)23-35-65(71)40-37-59(3)44-55(74-49(2)68)58-60(4,32-27-56(69)67(58,65)66(59,72)36-24-51-41-57(70)73-45-51)52-25-33-62(34-26-52)42-54(64(47-62)39-38-61(46-64)28-14-15-29-61)43-63(30-12-7-13-31-63)53-21-10-6-11-22-53/h5-6,8-11,18-19,21-22,37,40-41,48,52,54-56,58,69,71-72H,7,12-17,20,23-36,38-39,42-47H2,1-4H3. The molecule has 0 aromatic heterocycles. The number of carbonyl (C=O) groups is 2. The second kappa shape index (κ2) is 19.9. The molecule has 7 saturated carbocycles. The third-order valence-electron chi connectivity index (χ3n) is 24.3. The van der Waals surface area contributed by atoms with Crippen molar-refractivity contribution in [3.8, 4) is 0 Å². The molecule has 7 nitrogen and oxygen atoms in total. The molecule has 2 aromatic rings. The van der Waals surface area contributed by atoms with Gasteiger partial charge in [-0.1, -0.05) is 132 Å². The number of aliphatic hydroxyl groups is 3. The molecule has 404 valence electrons. The molecule has 7 heteroatoms. The lowest BCUT2D eigenvalue weighted by Crippen LogP contribution is -2.83. The molecule has 7 fully saturated rings. The van der Waals surface area contributed by atoms with E-state index >= 15 is 0 Å². The van der Waals surface area contributed by atoms with Gasteiger partial charge >= 0.3 is 11.9 Å². The number of rotatable bonds is 15. The SMILES string of the molecule is CC(=O)OC1CC2(C)C=CC(O)(CCC(C)CCCc3ccccc3)C3(C(O)CCC(C)(C4CCC5(CC4)CC(CC4(c6ccccc6)CCCCC4)C4(CCC6(CCCC6)C4)C5)C13)C2(O)CCC1=CC(=O)OC1. The van der Waals surface area contributed by atoms with Crippen molar-refractivity contribution in [2.75, 3.05) is 6.61 Å². The second-order valence-electron chi connectivity index (χ2n) is 28.2. The zero-order chi connectivity index (χ0) is 51.7. The van der Waals surface area contributed by atoms with Gasteiger partial charge in [0.25, 0.3) is 0 Å². The molecule has 11 rings (SSSR count). The largest absolute Gasteiger partial charge is 0.462 e. The Morgan fingerprint density at radius 2 is 1.45 bits per heavy atom.